The number of nitrogens with one attached hydrogen (secondary N) is 2. The van der Waals surface area contributed by atoms with Gasteiger partial charge in [0, 0.05) is 18.9 Å². The van der Waals surface area contributed by atoms with Crippen molar-refractivity contribution in [3.8, 4) is 0 Å². The lowest BCUT2D eigenvalue weighted by molar-refractivity contribution is -0.122. The van der Waals surface area contributed by atoms with E-state index in [4.69, 9.17) is 0 Å². The molecule has 1 atom stereocenters. The summed E-state index contributed by atoms with van der Waals surface area (Å²) in [6.45, 7) is 0. The van der Waals surface area contributed by atoms with Gasteiger partial charge in [0.25, 0.3) is 5.91 Å². The van der Waals surface area contributed by atoms with Gasteiger partial charge in [0.1, 0.15) is 6.04 Å². The lowest BCUT2D eigenvalue weighted by Gasteiger charge is -2.18. The number of sulfone groups is 1. The van der Waals surface area contributed by atoms with Crippen LogP contribution in [0.5, 0.6) is 0 Å². The molecule has 2 aromatic rings. The van der Waals surface area contributed by atoms with Gasteiger partial charge in [-0.25, -0.2) is 17.2 Å². The van der Waals surface area contributed by atoms with Crippen molar-refractivity contribution in [2.45, 2.75) is 11.8 Å². The van der Waals surface area contributed by atoms with Crippen molar-refractivity contribution in [1.82, 2.24) is 10.6 Å². The van der Waals surface area contributed by atoms with Crippen molar-refractivity contribution in [3.05, 3.63) is 70.8 Å². The average Bonchev–Trinajstić information content (AvgIpc) is 2.60. The number of carbonyl (C=O) groups excluding carboxylic acids is 2. The highest BCUT2D eigenvalue weighted by molar-refractivity contribution is 7.89. The van der Waals surface area contributed by atoms with Crippen LogP contribution in [-0.2, 0) is 20.4 Å². The molecule has 2 amide bonds. The van der Waals surface area contributed by atoms with Gasteiger partial charge in [-0.3, -0.25) is 9.59 Å². The van der Waals surface area contributed by atoms with Crippen molar-refractivity contribution >= 4 is 21.7 Å². The maximum absolute atomic E-state index is 13.5. The minimum atomic E-state index is -3.21. The maximum Gasteiger partial charge on any atom is 0.252 e. The highest BCUT2D eigenvalue weighted by atomic mass is 32.2. The Morgan fingerprint density at radius 2 is 1.67 bits per heavy atom. The van der Waals surface area contributed by atoms with Gasteiger partial charge in [0.15, 0.2) is 21.5 Å². The van der Waals surface area contributed by atoms with Gasteiger partial charge in [-0.15, -0.1) is 0 Å². The molecule has 2 rings (SSSR count). The van der Waals surface area contributed by atoms with Crippen molar-refractivity contribution in [3.63, 3.8) is 0 Å². The van der Waals surface area contributed by atoms with E-state index in [1.165, 1.54) is 37.4 Å². The average molecular weight is 396 g/mol. The molecule has 0 aliphatic carbocycles. The number of rotatable bonds is 6. The van der Waals surface area contributed by atoms with Crippen LogP contribution in [0, 0.1) is 11.6 Å². The fourth-order valence-electron chi connectivity index (χ4n) is 2.41. The van der Waals surface area contributed by atoms with E-state index in [1.807, 2.05) is 0 Å². The van der Waals surface area contributed by atoms with Crippen LogP contribution >= 0.6 is 0 Å². The number of likely N-dealkylation sites (N-methyl/N-ethyl adjacent to an activating group) is 1. The molecule has 9 heteroatoms. The molecule has 0 heterocycles. The zero-order valence-electron chi connectivity index (χ0n) is 14.6. The van der Waals surface area contributed by atoms with E-state index in [1.54, 1.807) is 0 Å². The van der Waals surface area contributed by atoms with Gasteiger partial charge in [-0.1, -0.05) is 18.2 Å². The zero-order valence-corrected chi connectivity index (χ0v) is 15.4. The van der Waals surface area contributed by atoms with E-state index in [9.17, 15) is 26.8 Å². The summed E-state index contributed by atoms with van der Waals surface area (Å²) >= 11 is 0. The molecular weight excluding hydrogens is 378 g/mol. The molecule has 1 unspecified atom stereocenters. The van der Waals surface area contributed by atoms with Crippen LogP contribution in [0.2, 0.25) is 0 Å². The Bertz CT molecular complexity index is 960. The normalized spacial score (nSPS) is 12.3. The van der Waals surface area contributed by atoms with Gasteiger partial charge in [0.2, 0.25) is 5.91 Å². The van der Waals surface area contributed by atoms with Crippen LogP contribution in [0.15, 0.2) is 42.5 Å². The lowest BCUT2D eigenvalue weighted by Crippen LogP contribution is -2.39. The second-order valence-corrected chi connectivity index (χ2v) is 8.10. The molecule has 0 saturated carbocycles. The van der Waals surface area contributed by atoms with E-state index < -0.39 is 39.3 Å². The summed E-state index contributed by atoms with van der Waals surface area (Å²) in [7, 11) is -1.86. The summed E-state index contributed by atoms with van der Waals surface area (Å²) in [5.74, 6) is -3.60. The minimum Gasteiger partial charge on any atom is -0.357 e. The topological polar surface area (TPSA) is 92.3 Å². The van der Waals surface area contributed by atoms with E-state index >= 15 is 0 Å². The van der Waals surface area contributed by atoms with Crippen LogP contribution in [0.3, 0.4) is 0 Å². The third kappa shape index (κ3) is 5.58. The van der Waals surface area contributed by atoms with Crippen molar-refractivity contribution in [2.24, 2.45) is 0 Å². The van der Waals surface area contributed by atoms with Gasteiger partial charge in [-0.2, -0.15) is 0 Å². The minimum absolute atomic E-state index is 0.0790. The van der Waals surface area contributed by atoms with Gasteiger partial charge >= 0.3 is 0 Å². The second kappa shape index (κ2) is 8.26. The maximum atomic E-state index is 13.5. The number of halogens is 2. The summed E-state index contributed by atoms with van der Waals surface area (Å²) in [6, 6.07) is 7.49. The fraction of sp³-hybridized carbons (Fsp3) is 0.222. The van der Waals surface area contributed by atoms with Crippen molar-refractivity contribution in [2.75, 3.05) is 13.3 Å². The van der Waals surface area contributed by atoms with Crippen LogP contribution in [0.25, 0.3) is 0 Å². The lowest BCUT2D eigenvalue weighted by atomic mass is 10.0. The van der Waals surface area contributed by atoms with Gasteiger partial charge < -0.3 is 10.6 Å². The monoisotopic (exact) mass is 396 g/mol. The standard InChI is InChI=1S/C18H18F2N2O4S/c1-21-18(24)16(13-7-8-14(19)15(20)9-13)22-17(23)12-5-3-11(4-6-12)10-27(2,25)26/h3-9,16H,10H2,1-2H3,(H,21,24)(H,22,23). The Hall–Kier alpha value is -2.81. The Kier molecular flexibility index (Phi) is 6.27. The molecule has 0 aliphatic heterocycles. The van der Waals surface area contributed by atoms with Gasteiger partial charge in [-0.05, 0) is 35.4 Å². The first-order valence-corrected chi connectivity index (χ1v) is 9.91. The summed E-state index contributed by atoms with van der Waals surface area (Å²) in [4.78, 5) is 24.5. The van der Waals surface area contributed by atoms with E-state index in [-0.39, 0.29) is 16.9 Å². The molecule has 144 valence electrons. The molecule has 0 fully saturated rings. The largest absolute Gasteiger partial charge is 0.357 e. The number of amides is 2. The second-order valence-electron chi connectivity index (χ2n) is 5.96. The number of benzene rings is 2. The Balaban J connectivity index is 2.23. The molecule has 6 nitrogen and oxygen atoms in total. The first-order chi connectivity index (χ1) is 12.6. The quantitative estimate of drug-likeness (QED) is 0.778. The van der Waals surface area contributed by atoms with E-state index in [2.05, 4.69) is 10.6 Å². The number of hydrogen-bond acceptors (Lipinski definition) is 4. The summed E-state index contributed by atoms with van der Waals surface area (Å²) in [5.41, 5.74) is 0.775. The number of hydrogen-bond donors (Lipinski definition) is 2. The Morgan fingerprint density at radius 3 is 2.19 bits per heavy atom. The SMILES string of the molecule is CNC(=O)C(NC(=O)c1ccc(CS(C)(=O)=O)cc1)c1ccc(F)c(F)c1. The van der Waals surface area contributed by atoms with Crippen molar-refractivity contribution in [1.29, 1.82) is 0 Å². The summed E-state index contributed by atoms with van der Waals surface area (Å²) in [6.07, 6.45) is 1.10. The van der Waals surface area contributed by atoms with Crippen molar-refractivity contribution < 1.29 is 26.8 Å². The smallest absolute Gasteiger partial charge is 0.252 e. The molecule has 0 radical (unpaired) electrons. The number of carbonyl (C=O) groups is 2. The fourth-order valence-corrected chi connectivity index (χ4v) is 3.20. The molecule has 0 bridgehead atoms. The van der Waals surface area contributed by atoms with Crippen LogP contribution in [0.4, 0.5) is 8.78 Å². The Morgan fingerprint density at radius 1 is 1.04 bits per heavy atom. The summed E-state index contributed by atoms with van der Waals surface area (Å²) < 4.78 is 49.2. The third-order valence-corrected chi connectivity index (χ3v) is 4.56. The summed E-state index contributed by atoms with van der Waals surface area (Å²) in [5, 5.41) is 4.81. The highest BCUT2D eigenvalue weighted by Gasteiger charge is 2.23. The molecule has 0 saturated heterocycles. The molecule has 0 spiro atoms. The third-order valence-electron chi connectivity index (χ3n) is 3.71. The molecule has 0 aromatic heterocycles. The molecule has 2 aromatic carbocycles. The molecular formula is C18H18F2N2O4S. The predicted octanol–water partition coefficient (Wildman–Crippen LogP) is 1.73. The van der Waals surface area contributed by atoms with Gasteiger partial charge in [0.05, 0.1) is 5.75 Å². The highest BCUT2D eigenvalue weighted by Crippen LogP contribution is 2.18. The van der Waals surface area contributed by atoms with Crippen LogP contribution in [0.1, 0.15) is 27.5 Å². The first kappa shape index (κ1) is 20.5. The van der Waals surface area contributed by atoms with Crippen LogP contribution < -0.4 is 10.6 Å². The Labute approximate surface area is 155 Å². The molecule has 27 heavy (non-hydrogen) atoms. The van der Waals surface area contributed by atoms with E-state index in [0.717, 1.165) is 18.4 Å². The molecule has 2 N–H and O–H groups in total. The molecule has 0 aliphatic rings. The predicted molar refractivity (Wildman–Crippen MR) is 95.6 cm³/mol. The van der Waals surface area contributed by atoms with Crippen LogP contribution in [-0.4, -0.2) is 33.5 Å². The first-order valence-electron chi connectivity index (χ1n) is 7.85. The zero-order chi connectivity index (χ0) is 20.2. The van der Waals surface area contributed by atoms with E-state index in [0.29, 0.717) is 5.56 Å².